The van der Waals surface area contributed by atoms with Crippen molar-refractivity contribution in [2.75, 3.05) is 17.7 Å². The van der Waals surface area contributed by atoms with Gasteiger partial charge >= 0.3 is 0 Å². The zero-order valence-electron chi connectivity index (χ0n) is 16.8. The number of rotatable bonds is 6. The molecule has 1 fully saturated rings. The summed E-state index contributed by atoms with van der Waals surface area (Å²) < 4.78 is 6.21. The first-order chi connectivity index (χ1) is 14.5. The van der Waals surface area contributed by atoms with Crippen molar-refractivity contribution in [2.45, 2.75) is 19.4 Å². The van der Waals surface area contributed by atoms with E-state index >= 15 is 0 Å². The van der Waals surface area contributed by atoms with Crippen LogP contribution in [0.25, 0.3) is 10.2 Å². The number of nitrogens with one attached hydrogen (secondary N) is 2. The highest BCUT2D eigenvalue weighted by atomic mass is 32.1. The van der Waals surface area contributed by atoms with Gasteiger partial charge in [-0.05, 0) is 60.4 Å². The number of benzene rings is 1. The lowest BCUT2D eigenvalue weighted by atomic mass is 9.88. The summed E-state index contributed by atoms with van der Waals surface area (Å²) in [5, 5.41) is 8.91. The number of nitrogens with two attached hydrogens (primary N) is 1. The number of primary amides is 1. The molecule has 5 rings (SSSR count). The van der Waals surface area contributed by atoms with E-state index in [-0.39, 0.29) is 29.7 Å². The van der Waals surface area contributed by atoms with Gasteiger partial charge in [0.05, 0.1) is 23.2 Å². The molecule has 4 atom stereocenters. The van der Waals surface area contributed by atoms with Crippen LogP contribution in [0.2, 0.25) is 0 Å². The molecule has 2 aliphatic rings. The van der Waals surface area contributed by atoms with Crippen molar-refractivity contribution < 1.29 is 9.53 Å². The number of thiophene rings is 1. The summed E-state index contributed by atoms with van der Waals surface area (Å²) in [6.45, 7) is 2.04. The fourth-order valence-corrected chi connectivity index (χ4v) is 5.50. The van der Waals surface area contributed by atoms with Crippen LogP contribution in [0, 0.1) is 24.7 Å². The number of anilines is 3. The summed E-state index contributed by atoms with van der Waals surface area (Å²) in [6.07, 6.45) is 5.27. The maximum absolute atomic E-state index is 12.1. The van der Waals surface area contributed by atoms with Crippen LogP contribution in [0.1, 0.15) is 12.0 Å². The van der Waals surface area contributed by atoms with Gasteiger partial charge in [-0.3, -0.25) is 4.79 Å². The molecule has 2 bridgehead atoms. The molecule has 30 heavy (non-hydrogen) atoms. The smallest absolute Gasteiger partial charge is 0.229 e. The van der Waals surface area contributed by atoms with Crippen LogP contribution >= 0.6 is 11.3 Å². The number of methoxy groups -OCH3 is 1. The second-order valence-electron chi connectivity index (χ2n) is 7.89. The molecule has 8 heteroatoms. The Morgan fingerprint density at radius 1 is 1.20 bits per heavy atom. The maximum atomic E-state index is 12.1. The molecule has 1 amide bonds. The van der Waals surface area contributed by atoms with E-state index < -0.39 is 0 Å². The molecule has 3 aromatic rings. The van der Waals surface area contributed by atoms with Crippen LogP contribution in [-0.4, -0.2) is 29.0 Å². The number of carbonyl (C=O) groups is 1. The van der Waals surface area contributed by atoms with E-state index in [1.807, 2.05) is 31.2 Å². The predicted molar refractivity (Wildman–Crippen MR) is 119 cm³/mol. The Bertz CT molecular complexity index is 1140. The summed E-state index contributed by atoms with van der Waals surface area (Å²) in [6, 6.07) is 7.56. The molecule has 7 nitrogen and oxygen atoms in total. The van der Waals surface area contributed by atoms with E-state index in [9.17, 15) is 4.79 Å². The second kappa shape index (κ2) is 7.28. The lowest BCUT2D eigenvalue weighted by Gasteiger charge is -2.27. The fraction of sp³-hybridized carbons (Fsp3) is 0.318. The molecular weight excluding hydrogens is 398 g/mol. The maximum Gasteiger partial charge on any atom is 0.229 e. The topological polar surface area (TPSA) is 102 Å². The van der Waals surface area contributed by atoms with Crippen LogP contribution in [0.5, 0.6) is 5.75 Å². The Labute approximate surface area is 178 Å². The fourth-order valence-electron chi connectivity index (χ4n) is 4.55. The number of fused-ring (bicyclic) bond motifs is 3. The number of hydrogen-bond donors (Lipinski definition) is 3. The van der Waals surface area contributed by atoms with Crippen molar-refractivity contribution in [3.63, 3.8) is 0 Å². The van der Waals surface area contributed by atoms with Gasteiger partial charge in [0.15, 0.2) is 0 Å². The minimum Gasteiger partial charge on any atom is -0.497 e. The number of allylic oxidation sites excluding steroid dienone is 1. The Balaban J connectivity index is 1.49. The first-order valence-electron chi connectivity index (χ1n) is 9.94. The van der Waals surface area contributed by atoms with E-state index in [0.717, 1.165) is 39.5 Å². The summed E-state index contributed by atoms with van der Waals surface area (Å²) in [7, 11) is 1.64. The predicted octanol–water partition coefficient (Wildman–Crippen LogP) is 3.84. The normalized spacial score (nSPS) is 24.3. The van der Waals surface area contributed by atoms with E-state index in [0.29, 0.717) is 5.95 Å². The molecule has 2 aromatic heterocycles. The molecule has 4 unspecified atom stereocenters. The van der Waals surface area contributed by atoms with Crippen molar-refractivity contribution in [1.82, 2.24) is 9.97 Å². The number of ether oxygens (including phenoxy) is 1. The zero-order chi connectivity index (χ0) is 20.8. The third-order valence-electron chi connectivity index (χ3n) is 6.03. The minimum atomic E-state index is -0.256. The highest BCUT2D eigenvalue weighted by molar-refractivity contribution is 7.18. The van der Waals surface area contributed by atoms with E-state index in [1.165, 1.54) is 0 Å². The standard InChI is InChI=1S/C22H23N5O2S/c1-11-10-30-19-17(11)26-22(24-14-5-7-15(29-2)8-6-14)27-21(19)25-18-13-4-3-12(9-13)16(18)20(23)28/h3-8,10,12-13,16,18H,9H2,1-2H3,(H2,23,28)(H2,24,25,26,27). The molecule has 0 aliphatic heterocycles. The average Bonchev–Trinajstić information content (AvgIpc) is 3.44. The zero-order valence-corrected chi connectivity index (χ0v) is 17.6. The van der Waals surface area contributed by atoms with Gasteiger partial charge in [0.2, 0.25) is 11.9 Å². The van der Waals surface area contributed by atoms with Crippen molar-refractivity contribution >= 4 is 44.9 Å². The SMILES string of the molecule is COc1ccc(Nc2nc(NC3C4C=CC(C4)C3C(N)=O)c3scc(C)c3n2)cc1. The van der Waals surface area contributed by atoms with Gasteiger partial charge in [-0.1, -0.05) is 12.2 Å². The second-order valence-corrected chi connectivity index (χ2v) is 8.77. The van der Waals surface area contributed by atoms with Crippen molar-refractivity contribution in [3.05, 3.63) is 47.4 Å². The van der Waals surface area contributed by atoms with E-state index in [2.05, 4.69) is 28.2 Å². The third-order valence-corrected chi connectivity index (χ3v) is 7.12. The number of carbonyl (C=O) groups excluding carboxylic acids is 1. The number of nitrogens with zero attached hydrogens (tertiary/aromatic N) is 2. The molecule has 0 saturated heterocycles. The van der Waals surface area contributed by atoms with Gasteiger partial charge in [-0.2, -0.15) is 4.98 Å². The van der Waals surface area contributed by atoms with Crippen molar-refractivity contribution in [3.8, 4) is 5.75 Å². The Morgan fingerprint density at radius 2 is 1.97 bits per heavy atom. The lowest BCUT2D eigenvalue weighted by Crippen LogP contribution is -2.41. The van der Waals surface area contributed by atoms with Crippen LogP contribution in [0.4, 0.5) is 17.5 Å². The van der Waals surface area contributed by atoms with Gasteiger partial charge < -0.3 is 21.1 Å². The summed E-state index contributed by atoms with van der Waals surface area (Å²) in [5.74, 6) is 2.06. The van der Waals surface area contributed by atoms with Crippen LogP contribution in [-0.2, 0) is 4.79 Å². The van der Waals surface area contributed by atoms with Crippen molar-refractivity contribution in [2.24, 2.45) is 23.5 Å². The lowest BCUT2D eigenvalue weighted by molar-refractivity contribution is -0.122. The number of aryl methyl sites for hydroxylation is 1. The highest BCUT2D eigenvalue weighted by Gasteiger charge is 2.47. The van der Waals surface area contributed by atoms with Crippen LogP contribution in [0.3, 0.4) is 0 Å². The molecule has 2 heterocycles. The van der Waals surface area contributed by atoms with Crippen LogP contribution < -0.4 is 21.1 Å². The van der Waals surface area contributed by atoms with E-state index in [4.69, 9.17) is 20.4 Å². The Hall–Kier alpha value is -3.13. The average molecular weight is 422 g/mol. The quantitative estimate of drug-likeness (QED) is 0.523. The summed E-state index contributed by atoms with van der Waals surface area (Å²) in [5.41, 5.74) is 8.60. The van der Waals surface area contributed by atoms with Gasteiger partial charge in [0, 0.05) is 11.7 Å². The highest BCUT2D eigenvalue weighted by Crippen LogP contribution is 2.45. The summed E-state index contributed by atoms with van der Waals surface area (Å²) >= 11 is 1.61. The first-order valence-corrected chi connectivity index (χ1v) is 10.8. The monoisotopic (exact) mass is 421 g/mol. The van der Waals surface area contributed by atoms with Crippen LogP contribution in [0.15, 0.2) is 41.8 Å². The molecule has 1 aromatic carbocycles. The molecule has 1 saturated carbocycles. The number of amides is 1. The third kappa shape index (κ3) is 3.17. The summed E-state index contributed by atoms with van der Waals surface area (Å²) in [4.78, 5) is 21.6. The molecule has 4 N–H and O–H groups in total. The Kier molecular flexibility index (Phi) is 4.58. The number of aromatic nitrogens is 2. The molecule has 154 valence electrons. The van der Waals surface area contributed by atoms with Gasteiger partial charge in [-0.25, -0.2) is 4.98 Å². The van der Waals surface area contributed by atoms with Gasteiger partial charge in [0.1, 0.15) is 11.6 Å². The van der Waals surface area contributed by atoms with Gasteiger partial charge in [-0.15, -0.1) is 11.3 Å². The molecule has 2 aliphatic carbocycles. The number of hydrogen-bond acceptors (Lipinski definition) is 7. The first kappa shape index (κ1) is 18.9. The van der Waals surface area contributed by atoms with Crippen molar-refractivity contribution in [1.29, 1.82) is 0 Å². The Morgan fingerprint density at radius 3 is 2.70 bits per heavy atom. The molecule has 0 radical (unpaired) electrons. The molecule has 0 spiro atoms. The van der Waals surface area contributed by atoms with E-state index in [1.54, 1.807) is 18.4 Å². The van der Waals surface area contributed by atoms with Gasteiger partial charge in [0.25, 0.3) is 0 Å². The largest absolute Gasteiger partial charge is 0.497 e. The molecular formula is C22H23N5O2S. The minimum absolute atomic E-state index is 0.0492.